The molecule has 3 rings (SSSR count). The van der Waals surface area contributed by atoms with Crippen LogP contribution in [0.3, 0.4) is 0 Å². The summed E-state index contributed by atoms with van der Waals surface area (Å²) in [5.74, 6) is 0.962. The van der Waals surface area contributed by atoms with Gasteiger partial charge in [0.15, 0.2) is 5.69 Å². The molecule has 6 nitrogen and oxygen atoms in total. The van der Waals surface area contributed by atoms with Crippen LogP contribution in [0.4, 0.5) is 0 Å². The first kappa shape index (κ1) is 15.1. The monoisotopic (exact) mass is 322 g/mol. The number of hydrogen-bond acceptors (Lipinski definition) is 4. The molecule has 1 aliphatic heterocycles. The second-order valence-corrected chi connectivity index (χ2v) is 6.37. The maximum atomic E-state index is 12.7. The first-order valence-electron chi connectivity index (χ1n) is 7.44. The molecule has 0 N–H and O–H groups in total. The average molecular weight is 323 g/mol. The van der Waals surface area contributed by atoms with Crippen molar-refractivity contribution in [1.82, 2.24) is 19.8 Å². The van der Waals surface area contributed by atoms with Crippen LogP contribution in [0.5, 0.6) is 0 Å². The van der Waals surface area contributed by atoms with Crippen LogP contribution in [0, 0.1) is 0 Å². The summed E-state index contributed by atoms with van der Waals surface area (Å²) in [5.41, 5.74) is 1.10. The molecule has 7 heteroatoms. The van der Waals surface area contributed by atoms with Crippen molar-refractivity contribution in [2.75, 3.05) is 6.54 Å². The van der Waals surface area contributed by atoms with Crippen LogP contribution in [0.2, 0.25) is 5.02 Å². The lowest BCUT2D eigenvalue weighted by atomic mass is 10.1. The van der Waals surface area contributed by atoms with E-state index in [4.69, 9.17) is 16.1 Å². The number of nitrogens with zero attached hydrogens (tertiary/aromatic N) is 4. The van der Waals surface area contributed by atoms with Gasteiger partial charge in [-0.15, -0.1) is 0 Å². The zero-order valence-corrected chi connectivity index (χ0v) is 13.7. The second-order valence-electron chi connectivity index (χ2n) is 5.96. The molecule has 1 amide bonds. The average Bonchev–Trinajstić information content (AvgIpc) is 3.15. The highest BCUT2D eigenvalue weighted by atomic mass is 35.5. The Morgan fingerprint density at radius 2 is 2.27 bits per heavy atom. The van der Waals surface area contributed by atoms with Gasteiger partial charge >= 0.3 is 0 Å². The van der Waals surface area contributed by atoms with Crippen molar-refractivity contribution < 1.29 is 9.32 Å². The first-order chi connectivity index (χ1) is 10.5. The van der Waals surface area contributed by atoms with E-state index in [2.05, 4.69) is 24.1 Å². The Kier molecular flexibility index (Phi) is 3.95. The quantitative estimate of drug-likeness (QED) is 0.870. The van der Waals surface area contributed by atoms with Crippen LogP contribution >= 0.6 is 11.6 Å². The molecule has 1 unspecified atom stereocenters. The van der Waals surface area contributed by atoms with Gasteiger partial charge in [-0.1, -0.05) is 30.6 Å². The fourth-order valence-corrected chi connectivity index (χ4v) is 3.05. The number of rotatable bonds is 3. The van der Waals surface area contributed by atoms with E-state index in [1.54, 1.807) is 22.8 Å². The summed E-state index contributed by atoms with van der Waals surface area (Å²) in [6.07, 6.45) is 3.44. The molecular weight excluding hydrogens is 304 g/mol. The molecule has 0 spiro atoms. The number of aryl methyl sites for hydroxylation is 1. The third kappa shape index (κ3) is 2.63. The zero-order chi connectivity index (χ0) is 15.9. The maximum Gasteiger partial charge on any atom is 0.276 e. The number of aromatic nitrogens is 3. The maximum absolute atomic E-state index is 12.7. The summed E-state index contributed by atoms with van der Waals surface area (Å²) in [7, 11) is 1.75. The molecule has 0 aliphatic carbocycles. The summed E-state index contributed by atoms with van der Waals surface area (Å²) in [6.45, 7) is 4.78. The van der Waals surface area contributed by atoms with Gasteiger partial charge in [-0.3, -0.25) is 9.48 Å². The van der Waals surface area contributed by atoms with Crippen molar-refractivity contribution in [3.63, 3.8) is 0 Å². The summed E-state index contributed by atoms with van der Waals surface area (Å²) < 4.78 is 6.92. The van der Waals surface area contributed by atoms with Crippen LogP contribution in [-0.4, -0.2) is 32.3 Å². The molecule has 0 bridgehead atoms. The van der Waals surface area contributed by atoms with E-state index < -0.39 is 0 Å². The molecule has 1 fully saturated rings. The summed E-state index contributed by atoms with van der Waals surface area (Å²) in [6, 6.07) is 1.88. The predicted octanol–water partition coefficient (Wildman–Crippen LogP) is 3.16. The second kappa shape index (κ2) is 5.76. The molecule has 1 saturated heterocycles. The standard InChI is InChI=1S/C15H19ClN4O2/c1-9(2)13-7-11(18-22-13)12-5-4-6-20(12)15(21)14-10(16)8-19(3)17-14/h7-9,12H,4-6H2,1-3H3. The third-order valence-corrected chi connectivity index (χ3v) is 4.23. The lowest BCUT2D eigenvalue weighted by Crippen LogP contribution is -2.31. The van der Waals surface area contributed by atoms with Gasteiger partial charge < -0.3 is 9.42 Å². The molecule has 0 aromatic carbocycles. The summed E-state index contributed by atoms with van der Waals surface area (Å²) in [5, 5.41) is 8.69. The van der Waals surface area contributed by atoms with E-state index in [1.165, 1.54) is 0 Å². The molecule has 0 radical (unpaired) electrons. The van der Waals surface area contributed by atoms with Crippen LogP contribution in [-0.2, 0) is 7.05 Å². The smallest absolute Gasteiger partial charge is 0.276 e. The molecule has 22 heavy (non-hydrogen) atoms. The van der Waals surface area contributed by atoms with Gasteiger partial charge in [-0.05, 0) is 12.8 Å². The molecule has 1 atom stereocenters. The molecule has 2 aromatic heterocycles. The number of amides is 1. The van der Waals surface area contributed by atoms with E-state index in [-0.39, 0.29) is 17.9 Å². The van der Waals surface area contributed by atoms with Gasteiger partial charge in [0.05, 0.1) is 11.1 Å². The number of likely N-dealkylation sites (tertiary alicyclic amines) is 1. The predicted molar refractivity (Wildman–Crippen MR) is 81.8 cm³/mol. The molecular formula is C15H19ClN4O2. The number of halogens is 1. The summed E-state index contributed by atoms with van der Waals surface area (Å²) in [4.78, 5) is 14.5. The Labute approximate surface area is 134 Å². The largest absolute Gasteiger partial charge is 0.361 e. The topological polar surface area (TPSA) is 64.2 Å². The minimum absolute atomic E-state index is 0.0678. The first-order valence-corrected chi connectivity index (χ1v) is 7.81. The Balaban J connectivity index is 1.86. The van der Waals surface area contributed by atoms with E-state index >= 15 is 0 Å². The highest BCUT2D eigenvalue weighted by molar-refractivity contribution is 6.33. The lowest BCUT2D eigenvalue weighted by molar-refractivity contribution is 0.0724. The minimum atomic E-state index is -0.151. The molecule has 2 aromatic rings. The highest BCUT2D eigenvalue weighted by Gasteiger charge is 2.34. The van der Waals surface area contributed by atoms with E-state index in [9.17, 15) is 4.79 Å². The van der Waals surface area contributed by atoms with Gasteiger partial charge in [-0.2, -0.15) is 5.10 Å². The number of carbonyl (C=O) groups is 1. The number of hydrogen-bond donors (Lipinski definition) is 0. The lowest BCUT2D eigenvalue weighted by Gasteiger charge is -2.22. The minimum Gasteiger partial charge on any atom is -0.361 e. The normalized spacial score (nSPS) is 18.4. The van der Waals surface area contributed by atoms with Crippen molar-refractivity contribution in [2.24, 2.45) is 7.05 Å². The van der Waals surface area contributed by atoms with Gasteiger partial charge in [0.1, 0.15) is 11.5 Å². The van der Waals surface area contributed by atoms with Gasteiger partial charge in [0.25, 0.3) is 5.91 Å². The fourth-order valence-electron chi connectivity index (χ4n) is 2.79. The van der Waals surface area contributed by atoms with Crippen LogP contribution < -0.4 is 0 Å². The van der Waals surface area contributed by atoms with Crippen molar-refractivity contribution in [2.45, 2.75) is 38.6 Å². The third-order valence-electron chi connectivity index (χ3n) is 3.96. The van der Waals surface area contributed by atoms with Crippen LogP contribution in [0.1, 0.15) is 60.6 Å². The van der Waals surface area contributed by atoms with E-state index in [0.29, 0.717) is 17.3 Å². The number of carbonyl (C=O) groups excluding carboxylic acids is 1. The molecule has 0 saturated carbocycles. The van der Waals surface area contributed by atoms with Gasteiger partial charge in [-0.25, -0.2) is 0 Å². The van der Waals surface area contributed by atoms with E-state index in [1.807, 2.05) is 6.07 Å². The van der Waals surface area contributed by atoms with Gasteiger partial charge in [0, 0.05) is 31.8 Å². The van der Waals surface area contributed by atoms with Crippen LogP contribution in [0.15, 0.2) is 16.8 Å². The zero-order valence-electron chi connectivity index (χ0n) is 12.9. The highest BCUT2D eigenvalue weighted by Crippen LogP contribution is 2.34. The van der Waals surface area contributed by atoms with Crippen LogP contribution in [0.25, 0.3) is 0 Å². The Hall–Kier alpha value is -1.82. The molecule has 3 heterocycles. The van der Waals surface area contributed by atoms with Gasteiger partial charge in [0.2, 0.25) is 0 Å². The Bertz CT molecular complexity index is 692. The molecule has 1 aliphatic rings. The SMILES string of the molecule is CC(C)c1cc(C2CCCN2C(=O)c2nn(C)cc2Cl)no1. The molecule has 118 valence electrons. The van der Waals surface area contributed by atoms with Crippen molar-refractivity contribution in [1.29, 1.82) is 0 Å². The fraction of sp³-hybridized carbons (Fsp3) is 0.533. The Morgan fingerprint density at radius 3 is 2.86 bits per heavy atom. The van der Waals surface area contributed by atoms with Crippen molar-refractivity contribution in [3.8, 4) is 0 Å². The van der Waals surface area contributed by atoms with Crippen molar-refractivity contribution in [3.05, 3.63) is 34.4 Å². The summed E-state index contributed by atoms with van der Waals surface area (Å²) >= 11 is 6.09. The van der Waals surface area contributed by atoms with Crippen molar-refractivity contribution >= 4 is 17.5 Å². The Morgan fingerprint density at radius 1 is 1.50 bits per heavy atom. The van der Waals surface area contributed by atoms with E-state index in [0.717, 1.165) is 24.3 Å².